The lowest BCUT2D eigenvalue weighted by molar-refractivity contribution is -0.00819. The molecule has 0 bridgehead atoms. The number of furan rings is 1. The number of nitrogens with one attached hydrogen (secondary N) is 1. The maximum absolute atomic E-state index is 5.98. The van der Waals surface area contributed by atoms with E-state index in [1.54, 1.807) is 6.26 Å². The second-order valence-corrected chi connectivity index (χ2v) is 7.81. The van der Waals surface area contributed by atoms with Crippen LogP contribution in [0.15, 0.2) is 40.2 Å². The molecule has 2 aliphatic rings. The zero-order valence-corrected chi connectivity index (χ0v) is 17.5. The first-order valence-corrected chi connectivity index (χ1v) is 10.6. The molecule has 8 nitrogen and oxygen atoms in total. The lowest BCUT2D eigenvalue weighted by atomic mass is 10.1. The SMILES string of the molecule is CN=C(NCC(c1ccco1)N1CCCCC1)N1CCOC(c2cnn(C)c2)C1. The molecule has 0 saturated carbocycles. The topological polar surface area (TPSA) is 71.1 Å². The molecule has 8 heteroatoms. The molecule has 2 saturated heterocycles. The van der Waals surface area contributed by atoms with Crippen LogP contribution in [0.25, 0.3) is 0 Å². The fourth-order valence-corrected chi connectivity index (χ4v) is 4.29. The third-order valence-electron chi connectivity index (χ3n) is 5.83. The van der Waals surface area contributed by atoms with Crippen molar-refractivity contribution in [2.45, 2.75) is 31.4 Å². The molecule has 0 radical (unpaired) electrons. The molecular formula is C21H32N6O2. The molecule has 2 aromatic rings. The molecule has 2 aliphatic heterocycles. The summed E-state index contributed by atoms with van der Waals surface area (Å²) in [6.45, 7) is 5.27. The second-order valence-electron chi connectivity index (χ2n) is 7.81. The monoisotopic (exact) mass is 400 g/mol. The van der Waals surface area contributed by atoms with Crippen molar-refractivity contribution in [3.8, 4) is 0 Å². The van der Waals surface area contributed by atoms with Gasteiger partial charge in [-0.25, -0.2) is 0 Å². The minimum atomic E-state index is 0.0129. The third-order valence-corrected chi connectivity index (χ3v) is 5.83. The molecule has 2 aromatic heterocycles. The van der Waals surface area contributed by atoms with E-state index in [-0.39, 0.29) is 12.1 Å². The van der Waals surface area contributed by atoms with E-state index in [0.717, 1.165) is 50.0 Å². The molecular weight excluding hydrogens is 368 g/mol. The Balaban J connectivity index is 1.40. The summed E-state index contributed by atoms with van der Waals surface area (Å²) in [5, 5.41) is 7.88. The van der Waals surface area contributed by atoms with E-state index in [1.165, 1.54) is 19.3 Å². The molecule has 29 heavy (non-hydrogen) atoms. The number of piperidine rings is 1. The smallest absolute Gasteiger partial charge is 0.193 e. The molecule has 0 aromatic carbocycles. The van der Waals surface area contributed by atoms with Crippen LogP contribution >= 0.6 is 0 Å². The number of likely N-dealkylation sites (tertiary alicyclic amines) is 1. The summed E-state index contributed by atoms with van der Waals surface area (Å²) in [6, 6.07) is 4.27. The van der Waals surface area contributed by atoms with Crippen LogP contribution < -0.4 is 5.32 Å². The van der Waals surface area contributed by atoms with E-state index in [4.69, 9.17) is 9.15 Å². The average molecular weight is 401 g/mol. The van der Waals surface area contributed by atoms with Crippen molar-refractivity contribution in [3.05, 3.63) is 42.1 Å². The Morgan fingerprint density at radius 1 is 1.31 bits per heavy atom. The Bertz CT molecular complexity index is 781. The minimum Gasteiger partial charge on any atom is -0.468 e. The van der Waals surface area contributed by atoms with Crippen molar-refractivity contribution in [1.29, 1.82) is 0 Å². The average Bonchev–Trinajstić information content (AvgIpc) is 3.44. The summed E-state index contributed by atoms with van der Waals surface area (Å²) in [4.78, 5) is 9.35. The van der Waals surface area contributed by atoms with E-state index in [1.807, 2.05) is 37.2 Å². The van der Waals surface area contributed by atoms with Gasteiger partial charge in [0.2, 0.25) is 0 Å². The molecule has 4 heterocycles. The number of nitrogens with zero attached hydrogens (tertiary/aromatic N) is 5. The van der Waals surface area contributed by atoms with Gasteiger partial charge in [-0.15, -0.1) is 0 Å². The maximum atomic E-state index is 5.98. The van der Waals surface area contributed by atoms with Crippen molar-refractivity contribution in [2.75, 3.05) is 46.4 Å². The van der Waals surface area contributed by atoms with Gasteiger partial charge in [0.15, 0.2) is 5.96 Å². The van der Waals surface area contributed by atoms with Gasteiger partial charge in [0, 0.05) is 38.9 Å². The summed E-state index contributed by atoms with van der Waals surface area (Å²) < 4.78 is 13.6. The Labute approximate surface area is 172 Å². The van der Waals surface area contributed by atoms with E-state index < -0.39 is 0 Å². The fourth-order valence-electron chi connectivity index (χ4n) is 4.29. The standard InChI is InChI=1S/C21H32N6O2/c1-22-21(27-10-12-29-20(16-27)17-13-24-25(2)15-17)23-14-18(19-7-6-11-28-19)26-8-4-3-5-9-26/h6-7,11,13,15,18,20H,3-5,8-10,12,14,16H2,1-2H3,(H,22,23). The normalized spacial score (nSPS) is 22.6. The van der Waals surface area contributed by atoms with Gasteiger partial charge in [-0.05, 0) is 38.1 Å². The van der Waals surface area contributed by atoms with Gasteiger partial charge in [-0.2, -0.15) is 5.10 Å². The highest BCUT2D eigenvalue weighted by atomic mass is 16.5. The van der Waals surface area contributed by atoms with Crippen LogP contribution in [-0.2, 0) is 11.8 Å². The van der Waals surface area contributed by atoms with Crippen molar-refractivity contribution in [3.63, 3.8) is 0 Å². The van der Waals surface area contributed by atoms with Crippen LogP contribution in [-0.4, -0.2) is 71.9 Å². The highest BCUT2D eigenvalue weighted by molar-refractivity contribution is 5.80. The highest BCUT2D eigenvalue weighted by Gasteiger charge is 2.28. The van der Waals surface area contributed by atoms with Gasteiger partial charge >= 0.3 is 0 Å². The van der Waals surface area contributed by atoms with Gasteiger partial charge in [0.05, 0.1) is 31.7 Å². The number of hydrogen-bond donors (Lipinski definition) is 1. The first-order valence-electron chi connectivity index (χ1n) is 10.6. The molecule has 0 aliphatic carbocycles. The Morgan fingerprint density at radius 3 is 2.86 bits per heavy atom. The molecule has 1 N–H and O–H groups in total. The van der Waals surface area contributed by atoms with E-state index in [2.05, 4.69) is 31.3 Å². The highest BCUT2D eigenvalue weighted by Crippen LogP contribution is 2.25. The molecule has 2 fully saturated rings. The molecule has 0 spiro atoms. The van der Waals surface area contributed by atoms with Crippen LogP contribution in [0.2, 0.25) is 0 Å². The predicted molar refractivity (Wildman–Crippen MR) is 112 cm³/mol. The summed E-state index contributed by atoms with van der Waals surface area (Å²) >= 11 is 0. The number of aliphatic imine (C=N–C) groups is 1. The third kappa shape index (κ3) is 4.82. The quantitative estimate of drug-likeness (QED) is 0.613. The van der Waals surface area contributed by atoms with Crippen LogP contribution in [0.5, 0.6) is 0 Å². The number of aryl methyl sites for hydroxylation is 1. The van der Waals surface area contributed by atoms with E-state index in [0.29, 0.717) is 6.61 Å². The lowest BCUT2D eigenvalue weighted by Crippen LogP contribution is -2.50. The number of aromatic nitrogens is 2. The van der Waals surface area contributed by atoms with Crippen molar-refractivity contribution < 1.29 is 9.15 Å². The largest absolute Gasteiger partial charge is 0.468 e. The number of morpholine rings is 1. The maximum Gasteiger partial charge on any atom is 0.193 e. The summed E-state index contributed by atoms with van der Waals surface area (Å²) in [5.41, 5.74) is 1.11. The van der Waals surface area contributed by atoms with E-state index in [9.17, 15) is 0 Å². The van der Waals surface area contributed by atoms with Crippen LogP contribution in [0.1, 0.15) is 42.7 Å². The Hall–Kier alpha value is -2.32. The van der Waals surface area contributed by atoms with Gasteiger partial charge in [-0.3, -0.25) is 14.6 Å². The van der Waals surface area contributed by atoms with Crippen LogP contribution in [0.3, 0.4) is 0 Å². The number of rotatable bonds is 5. The molecule has 158 valence electrons. The zero-order chi connectivity index (χ0) is 20.1. The summed E-state index contributed by atoms with van der Waals surface area (Å²) in [5.74, 6) is 1.93. The minimum absolute atomic E-state index is 0.0129. The number of guanidine groups is 1. The second kappa shape index (κ2) is 9.45. The van der Waals surface area contributed by atoms with Crippen molar-refractivity contribution >= 4 is 5.96 Å². The number of ether oxygens (including phenoxy) is 1. The predicted octanol–water partition coefficient (Wildman–Crippen LogP) is 2.19. The van der Waals surface area contributed by atoms with Gasteiger partial charge in [0.1, 0.15) is 11.9 Å². The Morgan fingerprint density at radius 2 is 2.17 bits per heavy atom. The lowest BCUT2D eigenvalue weighted by Gasteiger charge is -2.37. The van der Waals surface area contributed by atoms with Crippen LogP contribution in [0, 0.1) is 0 Å². The van der Waals surface area contributed by atoms with Gasteiger partial charge in [-0.1, -0.05) is 6.42 Å². The van der Waals surface area contributed by atoms with E-state index >= 15 is 0 Å². The van der Waals surface area contributed by atoms with Gasteiger partial charge < -0.3 is 19.4 Å². The fraction of sp³-hybridized carbons (Fsp3) is 0.619. The summed E-state index contributed by atoms with van der Waals surface area (Å²) in [6.07, 6.45) is 9.51. The van der Waals surface area contributed by atoms with Gasteiger partial charge in [0.25, 0.3) is 0 Å². The van der Waals surface area contributed by atoms with Crippen molar-refractivity contribution in [1.82, 2.24) is 24.9 Å². The molecule has 2 atom stereocenters. The summed E-state index contributed by atoms with van der Waals surface area (Å²) in [7, 11) is 3.78. The molecule has 0 amide bonds. The molecule has 2 unspecified atom stereocenters. The first kappa shape index (κ1) is 20.0. The van der Waals surface area contributed by atoms with Crippen LogP contribution in [0.4, 0.5) is 0 Å². The Kier molecular flexibility index (Phi) is 6.51. The molecule has 4 rings (SSSR count). The zero-order valence-electron chi connectivity index (χ0n) is 17.5. The van der Waals surface area contributed by atoms with Crippen molar-refractivity contribution in [2.24, 2.45) is 12.0 Å². The number of hydrogen-bond acceptors (Lipinski definition) is 5. The first-order chi connectivity index (χ1) is 14.2.